The number of nitrogens with two attached hydrogens (primary N) is 1. The SMILES string of the molecule is C=CCOc1ccc(CCC(N)=O)cc1. The molecule has 1 amide bonds. The van der Waals surface area contributed by atoms with Crippen molar-refractivity contribution in [3.8, 4) is 5.75 Å². The van der Waals surface area contributed by atoms with E-state index in [9.17, 15) is 4.79 Å². The van der Waals surface area contributed by atoms with Crippen LogP contribution in [0.1, 0.15) is 12.0 Å². The van der Waals surface area contributed by atoms with E-state index in [-0.39, 0.29) is 5.91 Å². The molecule has 80 valence electrons. The first-order chi connectivity index (χ1) is 7.22. The molecule has 0 fully saturated rings. The van der Waals surface area contributed by atoms with Crippen LogP contribution >= 0.6 is 0 Å². The molecule has 1 rings (SSSR count). The Kier molecular flexibility index (Phi) is 4.41. The number of ether oxygens (including phenoxy) is 1. The summed E-state index contributed by atoms with van der Waals surface area (Å²) in [5.41, 5.74) is 6.14. The highest BCUT2D eigenvalue weighted by Crippen LogP contribution is 2.13. The van der Waals surface area contributed by atoms with E-state index < -0.39 is 0 Å². The topological polar surface area (TPSA) is 52.3 Å². The number of carbonyl (C=O) groups excluding carboxylic acids is 1. The van der Waals surface area contributed by atoms with Crippen molar-refractivity contribution in [3.05, 3.63) is 42.5 Å². The lowest BCUT2D eigenvalue weighted by molar-refractivity contribution is -0.117. The van der Waals surface area contributed by atoms with Crippen LogP contribution in [0, 0.1) is 0 Å². The number of primary amides is 1. The number of hydrogen-bond acceptors (Lipinski definition) is 2. The van der Waals surface area contributed by atoms with Gasteiger partial charge in [0.05, 0.1) is 0 Å². The van der Waals surface area contributed by atoms with Crippen molar-refractivity contribution in [3.63, 3.8) is 0 Å². The van der Waals surface area contributed by atoms with E-state index in [0.717, 1.165) is 11.3 Å². The van der Waals surface area contributed by atoms with Crippen molar-refractivity contribution in [2.75, 3.05) is 6.61 Å². The van der Waals surface area contributed by atoms with E-state index in [1.54, 1.807) is 6.08 Å². The maximum absolute atomic E-state index is 10.6. The molecule has 0 spiro atoms. The Hall–Kier alpha value is -1.77. The molecule has 0 aliphatic carbocycles. The molecule has 1 aromatic rings. The van der Waals surface area contributed by atoms with Crippen molar-refractivity contribution in [2.24, 2.45) is 5.73 Å². The Bertz CT molecular complexity index is 330. The van der Waals surface area contributed by atoms with Crippen LogP contribution in [0.15, 0.2) is 36.9 Å². The van der Waals surface area contributed by atoms with E-state index in [4.69, 9.17) is 10.5 Å². The van der Waals surface area contributed by atoms with Gasteiger partial charge in [-0.2, -0.15) is 0 Å². The fourth-order valence-electron chi connectivity index (χ4n) is 1.18. The van der Waals surface area contributed by atoms with Crippen LogP contribution in [-0.2, 0) is 11.2 Å². The number of benzene rings is 1. The molecular formula is C12H15NO2. The standard InChI is InChI=1S/C12H15NO2/c1-2-9-15-11-6-3-10(4-7-11)5-8-12(13)14/h2-4,6-7H,1,5,8-9H2,(H2,13,14). The Morgan fingerprint density at radius 3 is 2.60 bits per heavy atom. The minimum Gasteiger partial charge on any atom is -0.490 e. The molecule has 0 saturated heterocycles. The zero-order chi connectivity index (χ0) is 11.1. The van der Waals surface area contributed by atoms with Gasteiger partial charge in [-0.25, -0.2) is 0 Å². The van der Waals surface area contributed by atoms with E-state index >= 15 is 0 Å². The quantitative estimate of drug-likeness (QED) is 0.718. The number of aryl methyl sites for hydroxylation is 1. The van der Waals surface area contributed by atoms with E-state index in [2.05, 4.69) is 6.58 Å². The minimum absolute atomic E-state index is 0.276. The number of rotatable bonds is 6. The van der Waals surface area contributed by atoms with E-state index in [1.807, 2.05) is 24.3 Å². The molecule has 0 bridgehead atoms. The minimum atomic E-state index is -0.276. The summed E-state index contributed by atoms with van der Waals surface area (Å²) < 4.78 is 5.33. The molecule has 2 N–H and O–H groups in total. The normalized spacial score (nSPS) is 9.60. The van der Waals surface area contributed by atoms with E-state index in [0.29, 0.717) is 19.4 Å². The summed E-state index contributed by atoms with van der Waals surface area (Å²) >= 11 is 0. The average molecular weight is 205 g/mol. The largest absolute Gasteiger partial charge is 0.490 e. The summed E-state index contributed by atoms with van der Waals surface area (Å²) in [5, 5.41) is 0. The predicted molar refractivity (Wildman–Crippen MR) is 59.6 cm³/mol. The lowest BCUT2D eigenvalue weighted by atomic mass is 10.1. The lowest BCUT2D eigenvalue weighted by Crippen LogP contribution is -2.11. The second-order valence-corrected chi connectivity index (χ2v) is 3.21. The van der Waals surface area contributed by atoms with Crippen LogP contribution < -0.4 is 10.5 Å². The monoisotopic (exact) mass is 205 g/mol. The van der Waals surface area contributed by atoms with Crippen molar-refractivity contribution in [1.29, 1.82) is 0 Å². The smallest absolute Gasteiger partial charge is 0.217 e. The van der Waals surface area contributed by atoms with E-state index in [1.165, 1.54) is 0 Å². The highest BCUT2D eigenvalue weighted by atomic mass is 16.5. The van der Waals surface area contributed by atoms with Gasteiger partial charge in [0.1, 0.15) is 12.4 Å². The summed E-state index contributed by atoms with van der Waals surface area (Å²) in [6, 6.07) is 7.61. The van der Waals surface area contributed by atoms with Crippen LogP contribution in [0.2, 0.25) is 0 Å². The molecule has 0 heterocycles. The molecule has 0 saturated carbocycles. The summed E-state index contributed by atoms with van der Waals surface area (Å²) in [5.74, 6) is 0.528. The van der Waals surface area contributed by atoms with Crippen molar-refractivity contribution in [1.82, 2.24) is 0 Å². The van der Waals surface area contributed by atoms with Crippen LogP contribution in [0.25, 0.3) is 0 Å². The Morgan fingerprint density at radius 1 is 1.40 bits per heavy atom. The number of carbonyl (C=O) groups is 1. The summed E-state index contributed by atoms with van der Waals surface area (Å²) in [4.78, 5) is 10.6. The van der Waals surface area contributed by atoms with Crippen molar-refractivity contribution >= 4 is 5.91 Å². The van der Waals surface area contributed by atoms with Crippen molar-refractivity contribution < 1.29 is 9.53 Å². The first kappa shape index (κ1) is 11.3. The Labute approximate surface area is 89.5 Å². The molecule has 0 atom stereocenters. The van der Waals surface area contributed by atoms with Gasteiger partial charge in [0.25, 0.3) is 0 Å². The maximum Gasteiger partial charge on any atom is 0.217 e. The second-order valence-electron chi connectivity index (χ2n) is 3.21. The highest BCUT2D eigenvalue weighted by molar-refractivity contribution is 5.73. The van der Waals surface area contributed by atoms with Gasteiger partial charge in [-0.15, -0.1) is 0 Å². The third kappa shape index (κ3) is 4.31. The summed E-state index contributed by atoms with van der Waals surface area (Å²) in [6.07, 6.45) is 2.75. The van der Waals surface area contributed by atoms with Crippen LogP contribution in [-0.4, -0.2) is 12.5 Å². The van der Waals surface area contributed by atoms with Gasteiger partial charge in [0, 0.05) is 6.42 Å². The molecule has 0 aromatic heterocycles. The zero-order valence-electron chi connectivity index (χ0n) is 8.61. The third-order valence-electron chi connectivity index (χ3n) is 1.95. The molecule has 0 aliphatic rings. The van der Waals surface area contributed by atoms with Gasteiger partial charge in [-0.05, 0) is 24.1 Å². The van der Waals surface area contributed by atoms with Gasteiger partial charge in [-0.3, -0.25) is 4.79 Å². The first-order valence-corrected chi connectivity index (χ1v) is 4.83. The zero-order valence-corrected chi connectivity index (χ0v) is 8.61. The summed E-state index contributed by atoms with van der Waals surface area (Å²) in [6.45, 7) is 4.07. The number of hydrogen-bond donors (Lipinski definition) is 1. The Balaban J connectivity index is 2.48. The van der Waals surface area contributed by atoms with Crippen LogP contribution in [0.3, 0.4) is 0 Å². The fourth-order valence-corrected chi connectivity index (χ4v) is 1.18. The highest BCUT2D eigenvalue weighted by Gasteiger charge is 1.98. The molecule has 3 nitrogen and oxygen atoms in total. The molecule has 0 aliphatic heterocycles. The molecule has 0 unspecified atom stereocenters. The lowest BCUT2D eigenvalue weighted by Gasteiger charge is -2.04. The van der Waals surface area contributed by atoms with Crippen LogP contribution in [0.4, 0.5) is 0 Å². The predicted octanol–water partition coefficient (Wildman–Crippen LogP) is 1.67. The fraction of sp³-hybridized carbons (Fsp3) is 0.250. The van der Waals surface area contributed by atoms with Crippen molar-refractivity contribution in [2.45, 2.75) is 12.8 Å². The van der Waals surface area contributed by atoms with Gasteiger partial charge in [0.15, 0.2) is 0 Å². The molecule has 1 aromatic carbocycles. The maximum atomic E-state index is 10.6. The summed E-state index contributed by atoms with van der Waals surface area (Å²) in [7, 11) is 0. The average Bonchev–Trinajstić information content (AvgIpc) is 2.25. The van der Waals surface area contributed by atoms with Gasteiger partial charge >= 0.3 is 0 Å². The molecule has 0 radical (unpaired) electrons. The van der Waals surface area contributed by atoms with Gasteiger partial charge in [0.2, 0.25) is 5.91 Å². The van der Waals surface area contributed by atoms with Gasteiger partial charge < -0.3 is 10.5 Å². The number of amides is 1. The second kappa shape index (κ2) is 5.86. The molecule has 3 heteroatoms. The van der Waals surface area contributed by atoms with Crippen LogP contribution in [0.5, 0.6) is 5.75 Å². The molecular weight excluding hydrogens is 190 g/mol. The van der Waals surface area contributed by atoms with Gasteiger partial charge in [-0.1, -0.05) is 24.8 Å². The molecule has 15 heavy (non-hydrogen) atoms. The first-order valence-electron chi connectivity index (χ1n) is 4.83. The Morgan fingerprint density at radius 2 is 2.07 bits per heavy atom. The third-order valence-corrected chi connectivity index (χ3v) is 1.95.